The summed E-state index contributed by atoms with van der Waals surface area (Å²) in [5.74, 6) is -2.33. The molecule has 0 amide bonds. The number of hydrogen-bond acceptors (Lipinski definition) is 9. The number of hydrogen-bond donors (Lipinski definition) is 2. The smallest absolute Gasteiger partial charge is 0.338 e. The van der Waals surface area contributed by atoms with Crippen LogP contribution in [0.25, 0.3) is 0 Å². The molecular formula is C15H15N5O7. The van der Waals surface area contributed by atoms with Crippen LogP contribution in [-0.2, 0) is 18.8 Å². The number of carbonyl (C=O) groups is 2. The Kier molecular flexibility index (Phi) is 5.10. The predicted octanol–water partition coefficient (Wildman–Crippen LogP) is -0.804. The molecule has 0 saturated carbocycles. The Morgan fingerprint density at radius 1 is 1.19 bits per heavy atom. The number of Topliss-reactive ketones (excluding diaryl/α,β-unsaturated/α-hetero) is 1. The first-order chi connectivity index (χ1) is 12.6. The number of esters is 1. The molecule has 0 aliphatic carbocycles. The van der Waals surface area contributed by atoms with Gasteiger partial charge in [0.05, 0.1) is 10.5 Å². The maximum absolute atomic E-state index is 12.3. The van der Waals surface area contributed by atoms with Crippen LogP contribution < -0.4 is 22.7 Å². The lowest BCUT2D eigenvalue weighted by Gasteiger charge is -2.11. The molecule has 4 N–H and O–H groups in total. The Balaban J connectivity index is 2.26. The van der Waals surface area contributed by atoms with E-state index >= 15 is 0 Å². The average molecular weight is 377 g/mol. The van der Waals surface area contributed by atoms with Gasteiger partial charge in [-0.05, 0) is 12.1 Å². The van der Waals surface area contributed by atoms with E-state index in [1.165, 1.54) is 20.2 Å². The van der Waals surface area contributed by atoms with Crippen molar-refractivity contribution in [3.63, 3.8) is 0 Å². The first-order valence-corrected chi connectivity index (χ1v) is 7.36. The Hall–Kier alpha value is -3.96. The SMILES string of the molecule is Cn1c(N)c(C(=O)COC(=O)c2ccc(N)c([N+](=O)[O-])c2)c(=O)n(C)c1=O. The third-order valence-corrected chi connectivity index (χ3v) is 3.79. The summed E-state index contributed by atoms with van der Waals surface area (Å²) >= 11 is 0. The fraction of sp³-hybridized carbons (Fsp3) is 0.200. The quantitative estimate of drug-likeness (QED) is 0.221. The number of nitro benzene ring substituents is 1. The summed E-state index contributed by atoms with van der Waals surface area (Å²) in [5, 5.41) is 10.9. The van der Waals surface area contributed by atoms with Crippen molar-refractivity contribution >= 4 is 28.9 Å². The highest BCUT2D eigenvalue weighted by Crippen LogP contribution is 2.22. The molecule has 0 aliphatic heterocycles. The van der Waals surface area contributed by atoms with Crippen molar-refractivity contribution in [3.8, 4) is 0 Å². The van der Waals surface area contributed by atoms with E-state index in [1.54, 1.807) is 0 Å². The molecule has 1 aromatic heterocycles. The lowest BCUT2D eigenvalue weighted by Crippen LogP contribution is -2.42. The van der Waals surface area contributed by atoms with E-state index in [1.807, 2.05) is 0 Å². The summed E-state index contributed by atoms with van der Waals surface area (Å²) in [5.41, 5.74) is 8.08. The third-order valence-electron chi connectivity index (χ3n) is 3.79. The second kappa shape index (κ2) is 7.11. The number of ketones is 1. The van der Waals surface area contributed by atoms with Gasteiger partial charge < -0.3 is 16.2 Å². The van der Waals surface area contributed by atoms with Crippen LogP contribution in [0.1, 0.15) is 20.7 Å². The maximum Gasteiger partial charge on any atom is 0.338 e. The number of ether oxygens (including phenoxy) is 1. The molecule has 0 aliphatic rings. The monoisotopic (exact) mass is 377 g/mol. The maximum atomic E-state index is 12.3. The number of benzene rings is 1. The summed E-state index contributed by atoms with van der Waals surface area (Å²) in [7, 11) is 2.44. The molecule has 12 heteroatoms. The highest BCUT2D eigenvalue weighted by Gasteiger charge is 2.22. The van der Waals surface area contributed by atoms with Crippen LogP contribution in [0.2, 0.25) is 0 Å². The highest BCUT2D eigenvalue weighted by molar-refractivity contribution is 6.02. The van der Waals surface area contributed by atoms with Gasteiger partial charge in [0, 0.05) is 20.2 Å². The molecule has 12 nitrogen and oxygen atoms in total. The van der Waals surface area contributed by atoms with E-state index in [9.17, 15) is 29.3 Å². The number of aromatic nitrogens is 2. The minimum atomic E-state index is -1.04. The number of nitro groups is 1. The molecule has 0 radical (unpaired) electrons. The predicted molar refractivity (Wildman–Crippen MR) is 93.5 cm³/mol. The number of carbonyl (C=O) groups excluding carboxylic acids is 2. The van der Waals surface area contributed by atoms with E-state index in [2.05, 4.69) is 0 Å². The standard InChI is InChI=1S/C15H15N5O7/c1-18-12(17)11(13(22)19(2)15(18)24)10(21)6-27-14(23)7-3-4-8(16)9(5-7)20(25)26/h3-5H,6,16-17H2,1-2H3. The van der Waals surface area contributed by atoms with Gasteiger partial charge in [0.1, 0.15) is 17.1 Å². The van der Waals surface area contributed by atoms with Gasteiger partial charge in [0.25, 0.3) is 11.2 Å². The van der Waals surface area contributed by atoms with Gasteiger partial charge in [-0.25, -0.2) is 9.59 Å². The third kappa shape index (κ3) is 3.53. The molecule has 1 heterocycles. The zero-order valence-corrected chi connectivity index (χ0v) is 14.3. The van der Waals surface area contributed by atoms with Gasteiger partial charge >= 0.3 is 11.7 Å². The minimum Gasteiger partial charge on any atom is -0.454 e. The Labute approximate surface area is 150 Å². The van der Waals surface area contributed by atoms with Crippen molar-refractivity contribution in [1.29, 1.82) is 0 Å². The molecule has 0 saturated heterocycles. The van der Waals surface area contributed by atoms with Gasteiger partial charge in [0.2, 0.25) is 5.78 Å². The summed E-state index contributed by atoms with van der Waals surface area (Å²) in [6.45, 7) is -0.853. The number of nitrogen functional groups attached to an aromatic ring is 2. The number of rotatable bonds is 5. The lowest BCUT2D eigenvalue weighted by atomic mass is 10.1. The largest absolute Gasteiger partial charge is 0.454 e. The summed E-state index contributed by atoms with van der Waals surface area (Å²) < 4.78 is 6.39. The number of anilines is 2. The van der Waals surface area contributed by atoms with Crippen LogP contribution in [0, 0.1) is 10.1 Å². The molecule has 2 aromatic rings. The van der Waals surface area contributed by atoms with Crippen LogP contribution in [0.15, 0.2) is 27.8 Å². The molecule has 0 atom stereocenters. The van der Waals surface area contributed by atoms with Crippen molar-refractivity contribution in [3.05, 3.63) is 60.3 Å². The molecule has 0 fully saturated rings. The van der Waals surface area contributed by atoms with Crippen LogP contribution in [0.4, 0.5) is 17.2 Å². The fourth-order valence-electron chi connectivity index (χ4n) is 2.24. The summed E-state index contributed by atoms with van der Waals surface area (Å²) in [4.78, 5) is 58.2. The summed E-state index contributed by atoms with van der Waals surface area (Å²) in [6.07, 6.45) is 0. The van der Waals surface area contributed by atoms with E-state index in [0.717, 1.165) is 16.7 Å². The van der Waals surface area contributed by atoms with Crippen molar-refractivity contribution in [2.75, 3.05) is 18.1 Å². The van der Waals surface area contributed by atoms with E-state index in [-0.39, 0.29) is 17.1 Å². The molecule has 0 spiro atoms. The highest BCUT2D eigenvalue weighted by atomic mass is 16.6. The first-order valence-electron chi connectivity index (χ1n) is 7.36. The van der Waals surface area contributed by atoms with Gasteiger partial charge in [-0.3, -0.25) is 28.8 Å². The fourth-order valence-corrected chi connectivity index (χ4v) is 2.24. The van der Waals surface area contributed by atoms with Crippen molar-refractivity contribution in [2.45, 2.75) is 0 Å². The molecular weight excluding hydrogens is 362 g/mol. The van der Waals surface area contributed by atoms with Crippen molar-refractivity contribution in [2.24, 2.45) is 14.1 Å². The second-order valence-corrected chi connectivity index (χ2v) is 5.50. The van der Waals surface area contributed by atoms with Gasteiger partial charge in [0.15, 0.2) is 6.61 Å². The van der Waals surface area contributed by atoms with Crippen molar-refractivity contribution < 1.29 is 19.2 Å². The van der Waals surface area contributed by atoms with Gasteiger partial charge in [-0.15, -0.1) is 0 Å². The van der Waals surface area contributed by atoms with E-state index in [0.29, 0.717) is 4.57 Å². The zero-order chi connectivity index (χ0) is 20.5. The minimum absolute atomic E-state index is 0.144. The molecule has 27 heavy (non-hydrogen) atoms. The Morgan fingerprint density at radius 3 is 2.41 bits per heavy atom. The van der Waals surface area contributed by atoms with Crippen molar-refractivity contribution in [1.82, 2.24) is 9.13 Å². The number of nitrogens with two attached hydrogens (primary N) is 2. The molecule has 0 bridgehead atoms. The summed E-state index contributed by atoms with van der Waals surface area (Å²) in [6, 6.07) is 3.24. The zero-order valence-electron chi connectivity index (χ0n) is 14.3. The Bertz CT molecular complexity index is 1080. The topological polar surface area (TPSA) is 183 Å². The molecule has 142 valence electrons. The van der Waals surface area contributed by atoms with E-state index in [4.69, 9.17) is 16.2 Å². The first kappa shape index (κ1) is 19.4. The van der Waals surface area contributed by atoms with Gasteiger partial charge in [-0.2, -0.15) is 0 Å². The number of nitrogens with zero attached hydrogens (tertiary/aromatic N) is 3. The second-order valence-electron chi connectivity index (χ2n) is 5.50. The van der Waals surface area contributed by atoms with Crippen LogP contribution in [0.3, 0.4) is 0 Å². The normalized spacial score (nSPS) is 10.4. The van der Waals surface area contributed by atoms with Gasteiger partial charge in [-0.1, -0.05) is 0 Å². The van der Waals surface area contributed by atoms with Crippen LogP contribution in [-0.4, -0.2) is 32.4 Å². The Morgan fingerprint density at radius 2 is 1.81 bits per heavy atom. The molecule has 2 rings (SSSR count). The molecule has 0 unspecified atom stereocenters. The van der Waals surface area contributed by atoms with E-state index < -0.39 is 45.8 Å². The lowest BCUT2D eigenvalue weighted by molar-refractivity contribution is -0.383. The average Bonchev–Trinajstić information content (AvgIpc) is 2.63. The van der Waals surface area contributed by atoms with Crippen LogP contribution >= 0.6 is 0 Å². The molecule has 1 aromatic carbocycles. The van der Waals surface area contributed by atoms with Crippen LogP contribution in [0.5, 0.6) is 0 Å².